The summed E-state index contributed by atoms with van der Waals surface area (Å²) in [7, 11) is -28.5. The molecule has 0 fully saturated rings. The molecule has 33 nitrogen and oxygen atoms in total. The minimum atomic E-state index is -5.03. The van der Waals surface area contributed by atoms with E-state index in [4.69, 9.17) is 0 Å². The Morgan fingerprint density at radius 2 is 0.652 bits per heavy atom. The van der Waals surface area contributed by atoms with Gasteiger partial charge in [0.15, 0.2) is 0 Å². The average Bonchev–Trinajstić information content (AvgIpc) is 0.806. The van der Waals surface area contributed by atoms with Gasteiger partial charge in [0, 0.05) is 33.5 Å². The standard InChI is InChI=1S/C53H40N14O19S6/c1-87(70,71)40-20-30-6-10-38(22-42(30)46(26-40)91(81,82)83)66-64-34-16-12-32(13-17-34)54-48-58-50(62-52(68)60-48)56-36-8-4-28(44(24-36)89(75,76)77)2-3-29-5-9-37(25-45(29)90(78,79)80)57-51-59-49(61-53(69)63-51)55-33-14-18-35(19-15-33)65-67-39-11-7-31-21-41(88(72,73)74)27-47(43(31)23-39)92(84,85)86/h2-27H,1H2,(H,70,71)(H,72,73,74)(H,75,76,77)(H,78,79,80)(H,81,82,83)(H,84,85,86)(H3,54,56,58,60,62,68)(H3,55,57,59,61,63,69)/b3-2+,66-64+,67-65+. The van der Waals surface area contributed by atoms with Crippen LogP contribution in [0, 0.1) is 0 Å². The molecule has 0 aliphatic heterocycles. The highest BCUT2D eigenvalue weighted by Gasteiger charge is 2.23. The van der Waals surface area contributed by atoms with Crippen LogP contribution < -0.4 is 21.3 Å². The predicted octanol–water partition coefficient (Wildman–Crippen LogP) is 9.53. The summed E-state index contributed by atoms with van der Waals surface area (Å²) < 4.78 is 195. The SMILES string of the molecule is C=S(=O)(O)c1cc(S(=O)(=O)O)c2cc(/N=N/c3ccc(Nc4nc(O)nc(Nc5ccc(/C=C/c6ccc(Nc7nc(O)nc(Nc8ccc(/N=N/c9ccc%10cc(S(=O)(=O)O)cc(S(=O)(=O)O)c%10c9)cc8)n7)cc6S(=O)(=O)O)c(S(=O)(=O)O)c5)n4)cc3)ccc2c1. The predicted molar refractivity (Wildman–Crippen MR) is 332 cm³/mol. The number of nitrogens with zero attached hydrogens (tertiary/aromatic N) is 10. The Hall–Kier alpha value is -10.4. The number of aromatic hydroxyl groups is 2. The molecule has 0 amide bonds. The van der Waals surface area contributed by atoms with E-state index in [1.54, 1.807) is 0 Å². The van der Waals surface area contributed by atoms with Crippen LogP contribution in [-0.2, 0) is 60.4 Å². The number of anilines is 8. The van der Waals surface area contributed by atoms with Gasteiger partial charge in [0.05, 0.1) is 32.5 Å². The van der Waals surface area contributed by atoms with Crippen molar-refractivity contribution < 1.29 is 83.8 Å². The maximum absolute atomic E-state index is 12.7. The topological polar surface area (TPSA) is 525 Å². The highest BCUT2D eigenvalue weighted by molar-refractivity contribution is 7.95. The van der Waals surface area contributed by atoms with Gasteiger partial charge in [-0.25, -0.2) is 4.21 Å². The van der Waals surface area contributed by atoms with E-state index in [9.17, 15) is 83.8 Å². The minimum absolute atomic E-state index is 0.00394. The molecule has 0 saturated heterocycles. The number of rotatable bonds is 20. The summed E-state index contributed by atoms with van der Waals surface area (Å²) in [5.41, 5.74) is 1.08. The summed E-state index contributed by atoms with van der Waals surface area (Å²) in [6, 6.07) is 29.3. The molecule has 0 aliphatic carbocycles. The summed E-state index contributed by atoms with van der Waals surface area (Å²) in [6.45, 7) is 0. The fourth-order valence-electron chi connectivity index (χ4n) is 8.50. The van der Waals surface area contributed by atoms with Gasteiger partial charge < -0.3 is 36.0 Å². The molecule has 1 unspecified atom stereocenters. The van der Waals surface area contributed by atoms with Crippen LogP contribution in [0.25, 0.3) is 33.7 Å². The third kappa shape index (κ3) is 15.8. The van der Waals surface area contributed by atoms with Gasteiger partial charge in [0.25, 0.3) is 50.6 Å². The van der Waals surface area contributed by atoms with Gasteiger partial charge in [-0.05, 0) is 149 Å². The first kappa shape index (κ1) is 64.6. The number of aromatic nitrogens is 6. The summed E-state index contributed by atoms with van der Waals surface area (Å²) in [5.74, 6) is 2.08. The zero-order valence-electron chi connectivity index (χ0n) is 45.7. The minimum Gasteiger partial charge on any atom is -0.479 e. The summed E-state index contributed by atoms with van der Waals surface area (Å²) in [5, 5.41) is 48.4. The van der Waals surface area contributed by atoms with Crippen molar-refractivity contribution >= 4 is 169 Å². The number of hydrogen-bond donors (Lipinski definition) is 12. The molecule has 0 bridgehead atoms. The lowest BCUT2D eigenvalue weighted by atomic mass is 10.1. The van der Waals surface area contributed by atoms with E-state index in [1.165, 1.54) is 115 Å². The van der Waals surface area contributed by atoms with Crippen LogP contribution in [0.15, 0.2) is 195 Å². The molecule has 39 heteroatoms. The van der Waals surface area contributed by atoms with Crippen LogP contribution in [0.3, 0.4) is 0 Å². The van der Waals surface area contributed by atoms with E-state index in [0.29, 0.717) is 23.1 Å². The highest BCUT2D eigenvalue weighted by Crippen LogP contribution is 2.35. The second-order valence-electron chi connectivity index (χ2n) is 19.1. The van der Waals surface area contributed by atoms with Crippen molar-refractivity contribution in [3.63, 3.8) is 0 Å². The van der Waals surface area contributed by atoms with Crippen molar-refractivity contribution in [2.75, 3.05) is 21.3 Å². The molecule has 10 aromatic rings. The maximum Gasteiger partial charge on any atom is 0.320 e. The lowest BCUT2D eigenvalue weighted by Crippen LogP contribution is -2.06. The van der Waals surface area contributed by atoms with Gasteiger partial charge in [-0.3, -0.25) is 22.8 Å². The van der Waals surface area contributed by atoms with E-state index in [-0.39, 0.29) is 89.8 Å². The molecule has 92 heavy (non-hydrogen) atoms. The second kappa shape index (κ2) is 24.7. The van der Waals surface area contributed by atoms with E-state index in [0.717, 1.165) is 36.4 Å². The molecule has 10 rings (SSSR count). The smallest absolute Gasteiger partial charge is 0.320 e. The van der Waals surface area contributed by atoms with Gasteiger partial charge >= 0.3 is 12.0 Å². The molecule has 472 valence electrons. The monoisotopic (exact) mass is 1370 g/mol. The lowest BCUT2D eigenvalue weighted by Gasteiger charge is -2.11. The molecular weight excluding hydrogens is 1330 g/mol. The zero-order valence-corrected chi connectivity index (χ0v) is 50.6. The molecule has 1 atom stereocenters. The third-order valence-corrected chi connectivity index (χ3v) is 18.0. The first-order chi connectivity index (χ1) is 43.1. The Kier molecular flexibility index (Phi) is 17.4. The van der Waals surface area contributed by atoms with Crippen molar-refractivity contribution in [3.8, 4) is 12.0 Å². The summed E-state index contributed by atoms with van der Waals surface area (Å²) in [6.07, 6.45) is 2.25. The average molecular weight is 1370 g/mol. The van der Waals surface area contributed by atoms with Crippen LogP contribution in [0.1, 0.15) is 11.1 Å². The summed E-state index contributed by atoms with van der Waals surface area (Å²) >= 11 is 0. The number of fused-ring (bicyclic) bond motifs is 2. The van der Waals surface area contributed by atoms with Gasteiger partial charge in [0.2, 0.25) is 23.8 Å². The van der Waals surface area contributed by atoms with Crippen molar-refractivity contribution in [2.24, 2.45) is 20.5 Å². The number of hydrogen-bond acceptors (Lipinski definition) is 27. The van der Waals surface area contributed by atoms with Crippen molar-refractivity contribution in [2.45, 2.75) is 29.4 Å². The number of benzene rings is 8. The van der Waals surface area contributed by atoms with Crippen LogP contribution in [0.5, 0.6) is 12.0 Å². The van der Waals surface area contributed by atoms with Crippen molar-refractivity contribution in [3.05, 3.63) is 157 Å². The summed E-state index contributed by atoms with van der Waals surface area (Å²) in [4.78, 5) is 19.8. The van der Waals surface area contributed by atoms with E-state index in [2.05, 4.69) is 77.5 Å². The molecular formula is C53H40N14O19S6. The van der Waals surface area contributed by atoms with E-state index in [1.807, 2.05) is 0 Å². The lowest BCUT2D eigenvalue weighted by molar-refractivity contribution is 0.429. The van der Waals surface area contributed by atoms with Crippen molar-refractivity contribution in [1.82, 2.24) is 29.9 Å². The van der Waals surface area contributed by atoms with E-state index < -0.39 is 96.9 Å². The molecule has 12 N–H and O–H groups in total. The molecule has 0 spiro atoms. The van der Waals surface area contributed by atoms with Crippen LogP contribution in [0.2, 0.25) is 0 Å². The van der Waals surface area contributed by atoms with Crippen LogP contribution >= 0.6 is 0 Å². The van der Waals surface area contributed by atoms with Crippen LogP contribution in [0.4, 0.5) is 69.3 Å². The number of azo groups is 2. The quantitative estimate of drug-likeness (QED) is 0.0146. The van der Waals surface area contributed by atoms with Gasteiger partial charge in [0.1, 0.15) is 29.4 Å². The fourth-order valence-corrected chi connectivity index (χ4v) is 12.7. The Labute approximate surface area is 519 Å². The first-order valence-electron chi connectivity index (χ1n) is 25.2. The molecule has 2 heterocycles. The molecule has 0 aliphatic rings. The van der Waals surface area contributed by atoms with Gasteiger partial charge in [-0.15, -0.1) is 0 Å². The zero-order chi connectivity index (χ0) is 66.3. The third-order valence-electron chi connectivity index (χ3n) is 12.6. The largest absolute Gasteiger partial charge is 0.479 e. The van der Waals surface area contributed by atoms with Crippen LogP contribution in [-0.4, -0.2) is 120 Å². The molecule has 2 aromatic heterocycles. The Morgan fingerprint density at radius 1 is 0.337 bits per heavy atom. The maximum atomic E-state index is 12.7. The Balaban J connectivity index is 0.795. The molecule has 0 radical (unpaired) electrons. The normalized spacial score (nSPS) is 13.2. The Bertz CT molecular complexity index is 5160. The highest BCUT2D eigenvalue weighted by atomic mass is 32.2. The van der Waals surface area contributed by atoms with Crippen molar-refractivity contribution in [1.29, 1.82) is 0 Å². The fraction of sp³-hybridized carbons (Fsp3) is 0. The Morgan fingerprint density at radius 3 is 1.00 bits per heavy atom. The molecule has 8 aromatic carbocycles. The van der Waals surface area contributed by atoms with Gasteiger partial charge in [-0.1, -0.05) is 36.4 Å². The number of nitrogens with one attached hydrogen (secondary N) is 4. The first-order valence-corrected chi connectivity index (χ1v) is 34.1. The molecule has 0 saturated carbocycles. The second-order valence-corrected chi connectivity index (χ2v) is 27.8. The van der Waals surface area contributed by atoms with Gasteiger partial charge in [-0.2, -0.15) is 92.4 Å². The van der Waals surface area contributed by atoms with E-state index >= 15 is 0 Å².